The normalized spacial score (nSPS) is 12.9. The highest BCUT2D eigenvalue weighted by Gasteiger charge is 2.34. The van der Waals surface area contributed by atoms with Crippen LogP contribution in [0.1, 0.15) is 44.7 Å². The Balaban J connectivity index is 2.10. The zero-order valence-electron chi connectivity index (χ0n) is 23.4. The summed E-state index contributed by atoms with van der Waals surface area (Å²) < 4.78 is 28.9. The smallest absolute Gasteiger partial charge is 0.264 e. The van der Waals surface area contributed by atoms with E-state index < -0.39 is 28.5 Å². The molecule has 2 amide bonds. The van der Waals surface area contributed by atoms with Gasteiger partial charge in [0.2, 0.25) is 11.8 Å². The van der Waals surface area contributed by atoms with Crippen LogP contribution in [-0.4, -0.2) is 43.8 Å². The van der Waals surface area contributed by atoms with Crippen LogP contribution in [0.4, 0.5) is 5.69 Å². The largest absolute Gasteiger partial charge is 0.352 e. The molecule has 0 saturated heterocycles. The highest BCUT2D eigenvalue weighted by Crippen LogP contribution is 2.33. The number of rotatable bonds is 12. The van der Waals surface area contributed by atoms with Crippen LogP contribution < -0.4 is 9.62 Å². The predicted molar refractivity (Wildman–Crippen MR) is 166 cm³/mol. The molecule has 7 nitrogen and oxygen atoms in total. The van der Waals surface area contributed by atoms with Gasteiger partial charge in [-0.25, -0.2) is 8.42 Å². The van der Waals surface area contributed by atoms with Crippen molar-refractivity contribution in [3.63, 3.8) is 0 Å². The fraction of sp³-hybridized carbons (Fsp3) is 0.333. The molecule has 2 atom stereocenters. The molecule has 3 aromatic carbocycles. The van der Waals surface area contributed by atoms with E-state index in [2.05, 4.69) is 5.32 Å². The van der Waals surface area contributed by atoms with E-state index in [4.69, 9.17) is 34.8 Å². The lowest BCUT2D eigenvalue weighted by Crippen LogP contribution is -2.53. The molecule has 0 radical (unpaired) electrons. The fourth-order valence-corrected chi connectivity index (χ4v) is 6.16. The van der Waals surface area contributed by atoms with Gasteiger partial charge in [-0.1, -0.05) is 78.5 Å². The first-order chi connectivity index (χ1) is 19.4. The number of nitrogens with one attached hydrogen (secondary N) is 1. The van der Waals surface area contributed by atoms with Crippen molar-refractivity contribution in [2.24, 2.45) is 0 Å². The van der Waals surface area contributed by atoms with Crippen molar-refractivity contribution in [2.45, 2.75) is 64.1 Å². The lowest BCUT2D eigenvalue weighted by Gasteiger charge is -2.34. The van der Waals surface area contributed by atoms with Crippen molar-refractivity contribution in [1.29, 1.82) is 0 Å². The number of benzene rings is 3. The number of aryl methyl sites for hydroxylation is 1. The predicted octanol–water partition coefficient (Wildman–Crippen LogP) is 6.87. The lowest BCUT2D eigenvalue weighted by atomic mass is 10.1. The Bertz CT molecular complexity index is 1470. The van der Waals surface area contributed by atoms with Gasteiger partial charge in [-0.2, -0.15) is 0 Å². The monoisotopic (exact) mass is 637 g/mol. The van der Waals surface area contributed by atoms with E-state index in [1.807, 2.05) is 20.8 Å². The van der Waals surface area contributed by atoms with Crippen LogP contribution >= 0.6 is 34.8 Å². The van der Waals surface area contributed by atoms with Crippen LogP contribution in [0.5, 0.6) is 0 Å². The number of hydrogen-bond acceptors (Lipinski definition) is 4. The lowest BCUT2D eigenvalue weighted by molar-refractivity contribution is -0.140. The molecule has 0 aliphatic carbocycles. The van der Waals surface area contributed by atoms with Crippen LogP contribution in [0.3, 0.4) is 0 Å². The third kappa shape index (κ3) is 8.38. The second kappa shape index (κ2) is 14.4. The molecule has 11 heteroatoms. The van der Waals surface area contributed by atoms with Gasteiger partial charge in [-0.05, 0) is 74.7 Å². The highest BCUT2D eigenvalue weighted by molar-refractivity contribution is 7.92. The summed E-state index contributed by atoms with van der Waals surface area (Å²) in [4.78, 5) is 28.9. The molecule has 1 N–H and O–H groups in total. The van der Waals surface area contributed by atoms with E-state index in [0.29, 0.717) is 17.9 Å². The van der Waals surface area contributed by atoms with E-state index in [1.54, 1.807) is 43.3 Å². The number of nitrogens with zero attached hydrogens (tertiary/aromatic N) is 2. The zero-order chi connectivity index (χ0) is 30.3. The SMILES string of the molecule is CC[C@H](C(=O)N[C@@H](C)CC)N(Cc1ccc(Cl)cc1)C(=O)CN(c1cc(Cl)ccc1Cl)S(=O)(=O)c1ccc(C)cc1. The quantitative estimate of drug-likeness (QED) is 0.235. The minimum absolute atomic E-state index is 0.0160. The van der Waals surface area contributed by atoms with E-state index in [9.17, 15) is 18.0 Å². The minimum Gasteiger partial charge on any atom is -0.352 e. The molecule has 0 saturated carbocycles. The van der Waals surface area contributed by atoms with E-state index in [1.165, 1.54) is 35.2 Å². The molecular weight excluding hydrogens is 605 g/mol. The Hall–Kier alpha value is -2.78. The van der Waals surface area contributed by atoms with Crippen LogP contribution in [0.25, 0.3) is 0 Å². The maximum Gasteiger partial charge on any atom is 0.264 e. The Kier molecular flexibility index (Phi) is 11.5. The van der Waals surface area contributed by atoms with Gasteiger partial charge in [-0.3, -0.25) is 13.9 Å². The molecule has 0 aliphatic heterocycles. The van der Waals surface area contributed by atoms with Crippen LogP contribution in [-0.2, 0) is 26.2 Å². The van der Waals surface area contributed by atoms with Gasteiger partial charge in [0.1, 0.15) is 12.6 Å². The molecule has 3 aromatic rings. The number of sulfonamides is 1. The summed E-state index contributed by atoms with van der Waals surface area (Å²) in [6.07, 6.45) is 1.02. The second-order valence-corrected chi connectivity index (χ2v) is 13.0. The van der Waals surface area contributed by atoms with Gasteiger partial charge in [0, 0.05) is 22.6 Å². The Morgan fingerprint density at radius 2 is 1.49 bits per heavy atom. The first-order valence-electron chi connectivity index (χ1n) is 13.3. The summed E-state index contributed by atoms with van der Waals surface area (Å²) in [5.41, 5.74) is 1.66. The van der Waals surface area contributed by atoms with E-state index in [0.717, 1.165) is 15.4 Å². The average Bonchev–Trinajstić information content (AvgIpc) is 2.94. The van der Waals surface area contributed by atoms with Gasteiger partial charge < -0.3 is 10.2 Å². The van der Waals surface area contributed by atoms with Crippen molar-refractivity contribution >= 4 is 62.3 Å². The number of halogens is 3. The molecule has 0 bridgehead atoms. The third-order valence-electron chi connectivity index (χ3n) is 6.72. The van der Waals surface area contributed by atoms with Crippen molar-refractivity contribution in [3.8, 4) is 0 Å². The molecule has 0 aliphatic rings. The summed E-state index contributed by atoms with van der Waals surface area (Å²) in [5, 5.41) is 3.83. The van der Waals surface area contributed by atoms with Gasteiger partial charge in [-0.15, -0.1) is 0 Å². The molecule has 0 fully saturated rings. The average molecular weight is 639 g/mol. The van der Waals surface area contributed by atoms with E-state index in [-0.39, 0.29) is 39.1 Å². The number of carbonyl (C=O) groups is 2. The first kappa shape index (κ1) is 32.7. The Morgan fingerprint density at radius 3 is 2.07 bits per heavy atom. The van der Waals surface area contributed by atoms with Crippen LogP contribution in [0.15, 0.2) is 71.6 Å². The Labute approximate surface area is 257 Å². The molecule has 0 heterocycles. The highest BCUT2D eigenvalue weighted by atomic mass is 35.5. The van der Waals surface area contributed by atoms with Gasteiger partial charge >= 0.3 is 0 Å². The molecule has 220 valence electrons. The number of carbonyl (C=O) groups excluding carboxylic acids is 2. The van der Waals surface area contributed by atoms with Crippen molar-refractivity contribution < 1.29 is 18.0 Å². The third-order valence-corrected chi connectivity index (χ3v) is 9.30. The van der Waals surface area contributed by atoms with Gasteiger partial charge in [0.15, 0.2) is 0 Å². The number of hydrogen-bond donors (Lipinski definition) is 1. The summed E-state index contributed by atoms with van der Waals surface area (Å²) in [5.74, 6) is -0.907. The molecule has 0 aromatic heterocycles. The maximum absolute atomic E-state index is 14.1. The Morgan fingerprint density at radius 1 is 0.878 bits per heavy atom. The number of anilines is 1. The van der Waals surface area contributed by atoms with Crippen LogP contribution in [0, 0.1) is 6.92 Å². The zero-order valence-corrected chi connectivity index (χ0v) is 26.5. The van der Waals surface area contributed by atoms with Crippen LogP contribution in [0.2, 0.25) is 15.1 Å². The second-order valence-electron chi connectivity index (χ2n) is 9.81. The van der Waals surface area contributed by atoms with Gasteiger partial charge in [0.05, 0.1) is 15.6 Å². The summed E-state index contributed by atoms with van der Waals surface area (Å²) >= 11 is 18.8. The van der Waals surface area contributed by atoms with Gasteiger partial charge in [0.25, 0.3) is 10.0 Å². The minimum atomic E-state index is -4.27. The fourth-order valence-electron chi connectivity index (χ4n) is 4.17. The summed E-state index contributed by atoms with van der Waals surface area (Å²) in [6.45, 7) is 6.92. The van der Waals surface area contributed by atoms with Crippen molar-refractivity contribution in [1.82, 2.24) is 10.2 Å². The summed E-state index contributed by atoms with van der Waals surface area (Å²) in [7, 11) is -4.27. The number of amides is 2. The standard InChI is InChI=1S/C30H34Cl3N3O4S/c1-5-21(4)34-30(38)27(6-2)35(18-22-9-11-23(31)12-10-22)29(37)19-36(28-17-24(32)13-16-26(28)33)41(39,40)25-14-7-20(3)8-15-25/h7-17,21,27H,5-6,18-19H2,1-4H3,(H,34,38)/t21-,27+/m0/s1. The maximum atomic E-state index is 14.1. The molecule has 3 rings (SSSR count). The van der Waals surface area contributed by atoms with Crippen molar-refractivity contribution in [2.75, 3.05) is 10.8 Å². The summed E-state index contributed by atoms with van der Waals surface area (Å²) in [6, 6.07) is 16.6. The topological polar surface area (TPSA) is 86.8 Å². The van der Waals surface area contributed by atoms with E-state index >= 15 is 0 Å². The molecule has 0 unspecified atom stereocenters. The first-order valence-corrected chi connectivity index (χ1v) is 15.8. The van der Waals surface area contributed by atoms with Crippen molar-refractivity contribution in [3.05, 3.63) is 92.9 Å². The molecular formula is C30H34Cl3N3O4S. The molecule has 0 spiro atoms. The molecule has 41 heavy (non-hydrogen) atoms.